The number of furan rings is 1. The SMILES string of the molecule is O=C(NNc1ccc(C(F)(F)F)cc1[N+](=O)[O-])c1occc1-c1ccccc1. The van der Waals surface area contributed by atoms with Crippen LogP contribution in [0.5, 0.6) is 0 Å². The number of benzene rings is 2. The van der Waals surface area contributed by atoms with Crippen molar-refractivity contribution >= 4 is 17.3 Å². The molecule has 10 heteroatoms. The number of rotatable bonds is 5. The first-order valence-electron chi connectivity index (χ1n) is 7.82. The highest BCUT2D eigenvalue weighted by molar-refractivity contribution is 5.98. The van der Waals surface area contributed by atoms with Gasteiger partial charge in [-0.25, -0.2) is 0 Å². The number of nitro benzene ring substituents is 1. The van der Waals surface area contributed by atoms with E-state index in [0.29, 0.717) is 23.3 Å². The molecule has 0 spiro atoms. The highest BCUT2D eigenvalue weighted by Gasteiger charge is 2.33. The number of hydrogen-bond donors (Lipinski definition) is 2. The fourth-order valence-electron chi connectivity index (χ4n) is 2.48. The molecule has 1 aromatic heterocycles. The maximum atomic E-state index is 12.7. The van der Waals surface area contributed by atoms with Gasteiger partial charge in [0.15, 0.2) is 0 Å². The Morgan fingerprint density at radius 1 is 1.07 bits per heavy atom. The van der Waals surface area contributed by atoms with Crippen molar-refractivity contribution in [3.05, 3.63) is 82.3 Å². The number of carbonyl (C=O) groups is 1. The number of anilines is 1. The van der Waals surface area contributed by atoms with E-state index < -0.39 is 28.3 Å². The molecular formula is C18H12F3N3O4. The predicted molar refractivity (Wildman–Crippen MR) is 93.3 cm³/mol. The van der Waals surface area contributed by atoms with Crippen LogP contribution in [-0.4, -0.2) is 10.8 Å². The monoisotopic (exact) mass is 391 g/mol. The molecular weight excluding hydrogens is 379 g/mol. The smallest absolute Gasteiger partial charge is 0.416 e. The van der Waals surface area contributed by atoms with Gasteiger partial charge in [0.25, 0.3) is 5.69 Å². The fourth-order valence-corrected chi connectivity index (χ4v) is 2.48. The maximum Gasteiger partial charge on any atom is 0.416 e. The molecule has 0 unspecified atom stereocenters. The van der Waals surface area contributed by atoms with Gasteiger partial charge in [0, 0.05) is 11.6 Å². The van der Waals surface area contributed by atoms with Gasteiger partial charge in [-0.3, -0.25) is 25.8 Å². The molecule has 0 saturated carbocycles. The second-order valence-corrected chi connectivity index (χ2v) is 5.60. The summed E-state index contributed by atoms with van der Waals surface area (Å²) in [5.74, 6) is -0.814. The van der Waals surface area contributed by atoms with Crippen LogP contribution in [0.25, 0.3) is 11.1 Å². The molecule has 144 valence electrons. The molecule has 0 saturated heterocycles. The molecule has 0 fully saturated rings. The predicted octanol–water partition coefficient (Wildman–Crippen LogP) is 4.63. The lowest BCUT2D eigenvalue weighted by molar-refractivity contribution is -0.384. The summed E-state index contributed by atoms with van der Waals surface area (Å²) in [6, 6.07) is 12.4. The summed E-state index contributed by atoms with van der Waals surface area (Å²) in [6.45, 7) is 0. The van der Waals surface area contributed by atoms with Gasteiger partial charge in [0.1, 0.15) is 5.69 Å². The number of alkyl halides is 3. The van der Waals surface area contributed by atoms with Crippen molar-refractivity contribution < 1.29 is 27.3 Å². The van der Waals surface area contributed by atoms with Crippen LogP contribution < -0.4 is 10.9 Å². The van der Waals surface area contributed by atoms with Crippen LogP contribution in [-0.2, 0) is 6.18 Å². The zero-order chi connectivity index (χ0) is 20.3. The van der Waals surface area contributed by atoms with Crippen LogP contribution in [0.3, 0.4) is 0 Å². The van der Waals surface area contributed by atoms with E-state index in [1.807, 2.05) is 0 Å². The largest absolute Gasteiger partial charge is 0.458 e. The van der Waals surface area contributed by atoms with Crippen LogP contribution in [0, 0.1) is 10.1 Å². The second-order valence-electron chi connectivity index (χ2n) is 5.60. The topological polar surface area (TPSA) is 97.4 Å². The van der Waals surface area contributed by atoms with E-state index in [9.17, 15) is 28.1 Å². The average molecular weight is 391 g/mol. The van der Waals surface area contributed by atoms with Crippen molar-refractivity contribution in [3.8, 4) is 11.1 Å². The first kappa shape index (κ1) is 19.0. The molecule has 3 rings (SSSR count). The third-order valence-corrected chi connectivity index (χ3v) is 3.79. The van der Waals surface area contributed by atoms with Crippen molar-refractivity contribution in [1.29, 1.82) is 0 Å². The summed E-state index contributed by atoms with van der Waals surface area (Å²) in [6.07, 6.45) is -3.43. The number of nitrogens with zero attached hydrogens (tertiary/aromatic N) is 1. The minimum Gasteiger partial charge on any atom is -0.458 e. The normalized spacial score (nSPS) is 11.1. The van der Waals surface area contributed by atoms with Crippen LogP contribution >= 0.6 is 0 Å². The number of nitrogens with one attached hydrogen (secondary N) is 2. The zero-order valence-corrected chi connectivity index (χ0v) is 14.0. The minimum absolute atomic E-state index is 0.0618. The van der Waals surface area contributed by atoms with Gasteiger partial charge in [0.05, 0.1) is 16.7 Å². The van der Waals surface area contributed by atoms with E-state index in [1.54, 1.807) is 36.4 Å². The Hall–Kier alpha value is -3.82. The molecule has 28 heavy (non-hydrogen) atoms. The lowest BCUT2D eigenvalue weighted by atomic mass is 10.1. The van der Waals surface area contributed by atoms with Crippen molar-refractivity contribution in [2.24, 2.45) is 0 Å². The van der Waals surface area contributed by atoms with Gasteiger partial charge in [-0.1, -0.05) is 30.3 Å². The van der Waals surface area contributed by atoms with Gasteiger partial charge < -0.3 is 4.42 Å². The quantitative estimate of drug-likeness (QED) is 0.488. The maximum absolute atomic E-state index is 12.7. The van der Waals surface area contributed by atoms with Gasteiger partial charge in [0.2, 0.25) is 5.76 Å². The van der Waals surface area contributed by atoms with E-state index in [-0.39, 0.29) is 11.4 Å². The van der Waals surface area contributed by atoms with Crippen LogP contribution in [0.4, 0.5) is 24.5 Å². The highest BCUT2D eigenvalue weighted by Crippen LogP contribution is 2.34. The molecule has 0 bridgehead atoms. The lowest BCUT2D eigenvalue weighted by Gasteiger charge is -2.11. The molecule has 2 N–H and O–H groups in total. The summed E-state index contributed by atoms with van der Waals surface area (Å²) in [5, 5.41) is 11.1. The summed E-state index contributed by atoms with van der Waals surface area (Å²) in [5.41, 5.74) is 3.35. The Morgan fingerprint density at radius 2 is 1.79 bits per heavy atom. The highest BCUT2D eigenvalue weighted by atomic mass is 19.4. The van der Waals surface area contributed by atoms with Gasteiger partial charge in [-0.15, -0.1) is 0 Å². The number of halogens is 3. The Morgan fingerprint density at radius 3 is 2.43 bits per heavy atom. The van der Waals surface area contributed by atoms with Crippen LogP contribution in [0.1, 0.15) is 16.1 Å². The molecule has 3 aromatic rings. The number of nitro groups is 1. The Kier molecular flexibility index (Phi) is 5.03. The molecule has 0 aliphatic rings. The van der Waals surface area contributed by atoms with E-state index in [0.717, 1.165) is 6.07 Å². The van der Waals surface area contributed by atoms with Gasteiger partial charge in [-0.05, 0) is 23.8 Å². The summed E-state index contributed by atoms with van der Waals surface area (Å²) in [7, 11) is 0. The fraction of sp³-hybridized carbons (Fsp3) is 0.0556. The van der Waals surface area contributed by atoms with Crippen molar-refractivity contribution in [3.63, 3.8) is 0 Å². The molecule has 0 aliphatic heterocycles. The third kappa shape index (κ3) is 3.95. The Balaban J connectivity index is 1.81. The second kappa shape index (κ2) is 7.43. The first-order valence-corrected chi connectivity index (χ1v) is 7.82. The Bertz CT molecular complexity index is 1020. The molecule has 1 amide bonds. The molecule has 0 radical (unpaired) electrons. The van der Waals surface area contributed by atoms with Gasteiger partial charge in [-0.2, -0.15) is 13.2 Å². The van der Waals surface area contributed by atoms with E-state index in [1.165, 1.54) is 6.26 Å². The first-order chi connectivity index (χ1) is 13.3. The molecule has 1 heterocycles. The molecule has 0 atom stereocenters. The summed E-state index contributed by atoms with van der Waals surface area (Å²) in [4.78, 5) is 22.5. The van der Waals surface area contributed by atoms with Crippen molar-refractivity contribution in [2.75, 3.05) is 5.43 Å². The number of hydrazine groups is 1. The van der Waals surface area contributed by atoms with Crippen molar-refractivity contribution in [1.82, 2.24) is 5.43 Å². The van der Waals surface area contributed by atoms with E-state index in [4.69, 9.17) is 4.42 Å². The zero-order valence-electron chi connectivity index (χ0n) is 14.0. The Labute approximate surface area is 155 Å². The summed E-state index contributed by atoms with van der Waals surface area (Å²) >= 11 is 0. The van der Waals surface area contributed by atoms with Crippen molar-refractivity contribution in [2.45, 2.75) is 6.18 Å². The lowest BCUT2D eigenvalue weighted by Crippen LogP contribution is -2.29. The average Bonchev–Trinajstić information content (AvgIpc) is 3.15. The van der Waals surface area contributed by atoms with Gasteiger partial charge >= 0.3 is 12.1 Å². The molecule has 0 aliphatic carbocycles. The van der Waals surface area contributed by atoms with Crippen LogP contribution in [0.2, 0.25) is 0 Å². The third-order valence-electron chi connectivity index (χ3n) is 3.79. The number of hydrogen-bond acceptors (Lipinski definition) is 5. The van der Waals surface area contributed by atoms with Crippen LogP contribution in [0.15, 0.2) is 65.3 Å². The molecule has 2 aromatic carbocycles. The summed E-state index contributed by atoms with van der Waals surface area (Å²) < 4.78 is 43.4. The number of carbonyl (C=O) groups excluding carboxylic acids is 1. The number of amides is 1. The molecule has 7 nitrogen and oxygen atoms in total. The van der Waals surface area contributed by atoms with E-state index >= 15 is 0 Å². The van der Waals surface area contributed by atoms with E-state index in [2.05, 4.69) is 10.9 Å². The standard InChI is InChI=1S/C18H12F3N3O4/c19-18(20,21)12-6-7-14(15(10-12)24(26)27)22-23-17(25)16-13(8-9-28-16)11-4-2-1-3-5-11/h1-10,22H,(H,23,25). The minimum atomic E-state index is -4.73.